The molecular formula is C22H22O8. The van der Waals surface area contributed by atoms with Crippen molar-refractivity contribution in [3.05, 3.63) is 65.7 Å². The lowest BCUT2D eigenvalue weighted by Gasteiger charge is -2.26. The minimum Gasteiger partial charge on any atom is -0.508 e. The van der Waals surface area contributed by atoms with E-state index in [0.29, 0.717) is 11.1 Å². The summed E-state index contributed by atoms with van der Waals surface area (Å²) < 4.78 is 4.96. The van der Waals surface area contributed by atoms with Gasteiger partial charge >= 0.3 is 0 Å². The minimum absolute atomic E-state index is 0.0249. The highest BCUT2D eigenvalue weighted by Gasteiger charge is 2.47. The van der Waals surface area contributed by atoms with E-state index in [2.05, 4.69) is 0 Å². The number of hydrogen-bond donors (Lipinski definition) is 5. The van der Waals surface area contributed by atoms with Gasteiger partial charge in [0.1, 0.15) is 11.9 Å². The molecule has 2 aromatic rings. The van der Waals surface area contributed by atoms with Crippen molar-refractivity contribution < 1.29 is 39.9 Å². The predicted octanol–water partition coefficient (Wildman–Crippen LogP) is 1.06. The molecule has 158 valence electrons. The number of aliphatic hydroxyl groups is 3. The third kappa shape index (κ3) is 5.12. The van der Waals surface area contributed by atoms with E-state index in [1.165, 1.54) is 61.7 Å². The van der Waals surface area contributed by atoms with Gasteiger partial charge in [-0.15, -0.1) is 0 Å². The maximum atomic E-state index is 12.6. The van der Waals surface area contributed by atoms with Crippen LogP contribution in [-0.4, -0.2) is 62.5 Å². The molecule has 2 rings (SSSR count). The van der Waals surface area contributed by atoms with E-state index < -0.39 is 29.9 Å². The Morgan fingerprint density at radius 3 is 2.07 bits per heavy atom. The Morgan fingerprint density at radius 2 is 1.53 bits per heavy atom. The van der Waals surface area contributed by atoms with Crippen LogP contribution >= 0.6 is 0 Å². The van der Waals surface area contributed by atoms with Crippen LogP contribution in [0.2, 0.25) is 0 Å². The summed E-state index contributed by atoms with van der Waals surface area (Å²) in [5.74, 6) is -2.20. The van der Waals surface area contributed by atoms with E-state index in [-0.39, 0.29) is 17.2 Å². The van der Waals surface area contributed by atoms with Gasteiger partial charge in [-0.3, -0.25) is 9.59 Å². The molecule has 0 saturated heterocycles. The number of ketones is 2. The number of rotatable bonds is 9. The van der Waals surface area contributed by atoms with Gasteiger partial charge < -0.3 is 30.3 Å². The van der Waals surface area contributed by atoms with Crippen LogP contribution in [0.1, 0.15) is 11.1 Å². The summed E-state index contributed by atoms with van der Waals surface area (Å²) in [7, 11) is 1.35. The minimum atomic E-state index is -2.90. The molecule has 2 aromatic carbocycles. The number of carbonyl (C=O) groups is 2. The molecule has 0 saturated carbocycles. The van der Waals surface area contributed by atoms with Crippen molar-refractivity contribution in [2.75, 3.05) is 13.7 Å². The second-order valence-electron chi connectivity index (χ2n) is 6.38. The summed E-state index contributed by atoms with van der Waals surface area (Å²) in [5, 5.41) is 48.7. The van der Waals surface area contributed by atoms with Crippen molar-refractivity contribution in [1.29, 1.82) is 0 Å². The molecule has 2 atom stereocenters. The van der Waals surface area contributed by atoms with E-state index in [9.17, 15) is 35.1 Å². The summed E-state index contributed by atoms with van der Waals surface area (Å²) in [6.45, 7) is -1.03. The number of hydrogen-bond acceptors (Lipinski definition) is 8. The number of aliphatic hydroxyl groups excluding tert-OH is 2. The summed E-state index contributed by atoms with van der Waals surface area (Å²) in [5.41, 5.74) is -1.98. The van der Waals surface area contributed by atoms with E-state index in [1.807, 2.05) is 0 Å². The van der Waals surface area contributed by atoms with Gasteiger partial charge in [-0.2, -0.15) is 0 Å². The highest BCUT2D eigenvalue weighted by molar-refractivity contribution is 6.20. The Morgan fingerprint density at radius 1 is 1.00 bits per heavy atom. The number of methoxy groups -OCH3 is 1. The largest absolute Gasteiger partial charge is 0.508 e. The highest BCUT2D eigenvalue weighted by Crippen LogP contribution is 2.27. The van der Waals surface area contributed by atoms with Gasteiger partial charge in [0.2, 0.25) is 5.60 Å². The van der Waals surface area contributed by atoms with Gasteiger partial charge in [0.25, 0.3) is 0 Å². The summed E-state index contributed by atoms with van der Waals surface area (Å²) in [4.78, 5) is 25.1. The topological polar surface area (TPSA) is 145 Å². The molecule has 0 aliphatic carbocycles. The van der Waals surface area contributed by atoms with Crippen LogP contribution in [0.3, 0.4) is 0 Å². The first-order valence-corrected chi connectivity index (χ1v) is 8.84. The summed E-state index contributed by atoms with van der Waals surface area (Å²) >= 11 is 0. The van der Waals surface area contributed by atoms with Crippen molar-refractivity contribution >= 4 is 23.7 Å². The normalized spacial score (nSPS) is 14.5. The van der Waals surface area contributed by atoms with Gasteiger partial charge in [0.15, 0.2) is 23.1 Å². The first-order valence-electron chi connectivity index (χ1n) is 8.84. The Hall–Kier alpha value is -3.46. The van der Waals surface area contributed by atoms with Gasteiger partial charge in [-0.25, -0.2) is 0 Å². The number of carbonyl (C=O) groups excluding carboxylic acids is 2. The van der Waals surface area contributed by atoms with Crippen molar-refractivity contribution in [2.24, 2.45) is 0 Å². The third-order valence-electron chi connectivity index (χ3n) is 4.36. The zero-order valence-corrected chi connectivity index (χ0v) is 16.1. The average Bonchev–Trinajstić information content (AvgIpc) is 2.76. The molecule has 0 aliphatic rings. The molecule has 0 heterocycles. The van der Waals surface area contributed by atoms with E-state index in [4.69, 9.17) is 4.74 Å². The fourth-order valence-electron chi connectivity index (χ4n) is 2.56. The first kappa shape index (κ1) is 22.8. The quantitative estimate of drug-likeness (QED) is 0.303. The van der Waals surface area contributed by atoms with Crippen LogP contribution in [0.15, 0.2) is 54.6 Å². The van der Waals surface area contributed by atoms with Gasteiger partial charge in [0.05, 0.1) is 13.7 Å². The smallest absolute Gasteiger partial charge is 0.217 e. The monoisotopic (exact) mass is 414 g/mol. The van der Waals surface area contributed by atoms with Gasteiger partial charge in [-0.05, 0) is 47.5 Å². The fourth-order valence-corrected chi connectivity index (χ4v) is 2.56. The van der Waals surface area contributed by atoms with Gasteiger partial charge in [0, 0.05) is 0 Å². The maximum absolute atomic E-state index is 12.6. The molecule has 0 spiro atoms. The van der Waals surface area contributed by atoms with Gasteiger partial charge in [-0.1, -0.05) is 30.4 Å². The highest BCUT2D eigenvalue weighted by atomic mass is 16.5. The predicted molar refractivity (Wildman–Crippen MR) is 109 cm³/mol. The third-order valence-corrected chi connectivity index (χ3v) is 4.36. The van der Waals surface area contributed by atoms with Crippen LogP contribution in [0, 0.1) is 0 Å². The lowest BCUT2D eigenvalue weighted by atomic mass is 9.86. The average molecular weight is 414 g/mol. The Kier molecular flexibility index (Phi) is 7.48. The van der Waals surface area contributed by atoms with E-state index in [1.54, 1.807) is 0 Å². The fraction of sp³-hybridized carbons (Fsp3) is 0.182. The number of benzene rings is 2. The molecule has 30 heavy (non-hydrogen) atoms. The molecule has 0 amide bonds. The summed E-state index contributed by atoms with van der Waals surface area (Å²) in [6.07, 6.45) is 2.29. The van der Waals surface area contributed by atoms with Crippen molar-refractivity contribution in [1.82, 2.24) is 0 Å². The molecule has 2 unspecified atom stereocenters. The molecule has 0 radical (unpaired) electrons. The number of phenolic OH excluding ortho intramolecular Hbond substituents is 2. The molecule has 0 aromatic heterocycles. The Balaban J connectivity index is 2.28. The summed E-state index contributed by atoms with van der Waals surface area (Å²) in [6, 6.07) is 10.0. The molecule has 8 nitrogen and oxygen atoms in total. The van der Waals surface area contributed by atoms with Crippen LogP contribution in [0.25, 0.3) is 12.2 Å². The second kappa shape index (κ2) is 9.84. The van der Waals surface area contributed by atoms with Crippen LogP contribution in [-0.2, 0) is 9.59 Å². The molecule has 0 aliphatic heterocycles. The molecule has 8 heteroatoms. The zero-order valence-electron chi connectivity index (χ0n) is 16.1. The second-order valence-corrected chi connectivity index (χ2v) is 6.38. The van der Waals surface area contributed by atoms with E-state index in [0.717, 1.165) is 12.2 Å². The SMILES string of the molecule is COc1cc(/C=C/C(=O)C(O)(C(=O)/C=C/c2ccc(O)cc2)C(O)CO)ccc1O. The molecule has 0 bridgehead atoms. The first-order chi connectivity index (χ1) is 14.2. The van der Waals surface area contributed by atoms with Crippen molar-refractivity contribution in [3.63, 3.8) is 0 Å². The maximum Gasteiger partial charge on any atom is 0.217 e. The van der Waals surface area contributed by atoms with Crippen LogP contribution in [0.4, 0.5) is 0 Å². The van der Waals surface area contributed by atoms with Crippen molar-refractivity contribution in [2.45, 2.75) is 11.7 Å². The molecular weight excluding hydrogens is 392 g/mol. The number of aromatic hydroxyl groups is 2. The Labute approximate surface area is 172 Å². The van der Waals surface area contributed by atoms with E-state index >= 15 is 0 Å². The van der Waals surface area contributed by atoms with Crippen LogP contribution in [0.5, 0.6) is 17.2 Å². The van der Waals surface area contributed by atoms with Crippen LogP contribution < -0.4 is 4.74 Å². The van der Waals surface area contributed by atoms with Crippen molar-refractivity contribution in [3.8, 4) is 17.2 Å². The molecule has 0 fully saturated rings. The Bertz CT molecular complexity index is 962. The lowest BCUT2D eigenvalue weighted by molar-refractivity contribution is -0.159. The standard InChI is InChI=1S/C22H22O8/c1-30-18-12-15(4-9-17(18)25)6-11-20(27)22(29,21(28)13-23)19(26)10-5-14-2-7-16(24)8-3-14/h2-12,21,23-25,28-29H,13H2,1H3/b10-5+,11-6+. The number of ether oxygens (including phenoxy) is 1. The molecule has 5 N–H and O–H groups in total. The number of phenols is 2. The lowest BCUT2D eigenvalue weighted by Crippen LogP contribution is -2.56. The zero-order chi connectivity index (χ0) is 22.3.